The molecule has 0 bridgehead atoms. The number of hydrogen-bond donors (Lipinski definition) is 1. The third-order valence-corrected chi connectivity index (χ3v) is 7.46. The Morgan fingerprint density at radius 3 is 2.35 bits per heavy atom. The summed E-state index contributed by atoms with van der Waals surface area (Å²) in [6.07, 6.45) is 1.12. The van der Waals surface area contributed by atoms with Crippen LogP contribution >= 0.6 is 0 Å². The Bertz CT molecular complexity index is 668. The third kappa shape index (κ3) is 1.69. The predicted molar refractivity (Wildman–Crippen MR) is 87.5 cm³/mol. The van der Waals surface area contributed by atoms with Crippen molar-refractivity contribution in [3.63, 3.8) is 0 Å². The number of Topliss-reactive ketones (excluding diaryl/α,β-unsaturated/α-hetero) is 2. The molecule has 0 unspecified atom stereocenters. The van der Waals surface area contributed by atoms with Gasteiger partial charge in [-0.3, -0.25) is 9.59 Å². The molecule has 7 atom stereocenters. The zero-order valence-electron chi connectivity index (χ0n) is 14.4. The number of fused-ring (bicyclic) bond motifs is 4. The van der Waals surface area contributed by atoms with E-state index in [0.717, 1.165) is 18.4 Å². The first-order valence-electron chi connectivity index (χ1n) is 8.87. The molecule has 0 heterocycles. The van der Waals surface area contributed by atoms with Gasteiger partial charge in [0, 0.05) is 28.9 Å². The third-order valence-electron chi connectivity index (χ3n) is 7.46. The standard InChI is InChI=1S/C20H26O3/c1-8-6-7-11-16(20(11,4)5)13-9(2)17(21)15-14(12(8)13)18(22)10(3)19(15)23/h9-13,16,19,23H,1,6-7H2,2-5H3/t9-,10+,11-,12+,13-,16-,19-/m0/s1. The Kier molecular flexibility index (Phi) is 2.96. The Labute approximate surface area is 137 Å². The van der Waals surface area contributed by atoms with E-state index in [1.807, 2.05) is 6.92 Å². The summed E-state index contributed by atoms with van der Waals surface area (Å²) in [6, 6.07) is 0. The number of aliphatic hydroxyl groups is 1. The number of carbonyl (C=O) groups excluding carboxylic acids is 2. The van der Waals surface area contributed by atoms with Gasteiger partial charge in [0.2, 0.25) is 0 Å². The summed E-state index contributed by atoms with van der Waals surface area (Å²) in [5.41, 5.74) is 2.38. The van der Waals surface area contributed by atoms with Crippen molar-refractivity contribution in [3.05, 3.63) is 23.3 Å². The molecular formula is C20H26O3. The predicted octanol–water partition coefficient (Wildman–Crippen LogP) is 2.94. The van der Waals surface area contributed by atoms with Crippen molar-refractivity contribution in [2.75, 3.05) is 0 Å². The van der Waals surface area contributed by atoms with Crippen molar-refractivity contribution in [1.29, 1.82) is 0 Å². The molecule has 2 saturated carbocycles. The van der Waals surface area contributed by atoms with Crippen LogP contribution in [0.15, 0.2) is 23.3 Å². The van der Waals surface area contributed by atoms with Gasteiger partial charge in [-0.05, 0) is 36.0 Å². The first-order chi connectivity index (χ1) is 10.7. The number of rotatable bonds is 0. The van der Waals surface area contributed by atoms with Gasteiger partial charge in [0.15, 0.2) is 11.6 Å². The smallest absolute Gasteiger partial charge is 0.165 e. The number of ketones is 2. The molecule has 0 aromatic carbocycles. The van der Waals surface area contributed by atoms with E-state index in [0.29, 0.717) is 23.0 Å². The molecule has 0 aromatic rings. The van der Waals surface area contributed by atoms with Gasteiger partial charge >= 0.3 is 0 Å². The normalized spacial score (nSPS) is 47.9. The van der Waals surface area contributed by atoms with Gasteiger partial charge in [-0.25, -0.2) is 0 Å². The SMILES string of the molecule is C=C1CC[C@H]2[C@@H]([C@@H]3[C@@H]1C1=C(C(=O)[C@H]3C)[C@@H](O)[C@H](C)C1=O)C2(C)C. The van der Waals surface area contributed by atoms with E-state index in [4.69, 9.17) is 0 Å². The molecule has 0 aliphatic heterocycles. The summed E-state index contributed by atoms with van der Waals surface area (Å²) in [5.74, 6) is 0.623. The highest BCUT2D eigenvalue weighted by Gasteiger charge is 2.67. The lowest BCUT2D eigenvalue weighted by Gasteiger charge is -2.38. The Morgan fingerprint density at radius 1 is 1.09 bits per heavy atom. The van der Waals surface area contributed by atoms with Crippen molar-refractivity contribution in [2.24, 2.45) is 40.9 Å². The molecule has 4 aliphatic rings. The number of aliphatic hydroxyl groups excluding tert-OH is 1. The summed E-state index contributed by atoms with van der Waals surface area (Å²) in [6.45, 7) is 12.6. The highest BCUT2D eigenvalue weighted by Crippen LogP contribution is 2.70. The zero-order valence-corrected chi connectivity index (χ0v) is 14.4. The highest BCUT2D eigenvalue weighted by molar-refractivity contribution is 6.14. The Balaban J connectivity index is 1.89. The summed E-state index contributed by atoms with van der Waals surface area (Å²) < 4.78 is 0. The molecule has 4 rings (SSSR count). The van der Waals surface area contributed by atoms with Crippen LogP contribution in [0.25, 0.3) is 0 Å². The molecule has 1 N–H and O–H groups in total. The molecule has 0 saturated heterocycles. The summed E-state index contributed by atoms with van der Waals surface area (Å²) in [5, 5.41) is 10.4. The maximum absolute atomic E-state index is 13.0. The van der Waals surface area contributed by atoms with Crippen LogP contribution in [0.5, 0.6) is 0 Å². The second-order valence-corrected chi connectivity index (χ2v) is 8.78. The molecule has 3 heteroatoms. The monoisotopic (exact) mass is 314 g/mol. The van der Waals surface area contributed by atoms with Gasteiger partial charge in [-0.1, -0.05) is 39.8 Å². The first-order valence-corrected chi connectivity index (χ1v) is 8.87. The topological polar surface area (TPSA) is 54.4 Å². The average molecular weight is 314 g/mol. The van der Waals surface area contributed by atoms with E-state index >= 15 is 0 Å². The molecule has 2 fully saturated rings. The van der Waals surface area contributed by atoms with Crippen LogP contribution in [0.4, 0.5) is 0 Å². The van der Waals surface area contributed by atoms with Crippen LogP contribution in [0, 0.1) is 40.9 Å². The average Bonchev–Trinajstić information content (AvgIpc) is 3.02. The van der Waals surface area contributed by atoms with Crippen LogP contribution < -0.4 is 0 Å². The lowest BCUT2D eigenvalue weighted by molar-refractivity contribution is -0.123. The van der Waals surface area contributed by atoms with Gasteiger partial charge in [0.1, 0.15) is 0 Å². The summed E-state index contributed by atoms with van der Waals surface area (Å²) in [4.78, 5) is 25.7. The minimum atomic E-state index is -0.924. The molecule has 124 valence electrons. The highest BCUT2D eigenvalue weighted by atomic mass is 16.3. The summed E-state index contributed by atoms with van der Waals surface area (Å²) >= 11 is 0. The molecular weight excluding hydrogens is 288 g/mol. The fraction of sp³-hybridized carbons (Fsp3) is 0.700. The largest absolute Gasteiger partial charge is 0.388 e. The molecule has 3 nitrogen and oxygen atoms in total. The van der Waals surface area contributed by atoms with Crippen LogP contribution in [0.1, 0.15) is 40.5 Å². The van der Waals surface area contributed by atoms with Crippen molar-refractivity contribution < 1.29 is 14.7 Å². The van der Waals surface area contributed by atoms with Crippen molar-refractivity contribution >= 4 is 11.6 Å². The fourth-order valence-electron chi connectivity index (χ4n) is 6.02. The quantitative estimate of drug-likeness (QED) is 0.699. The fourth-order valence-corrected chi connectivity index (χ4v) is 6.02. The number of allylic oxidation sites excluding steroid dienone is 2. The van der Waals surface area contributed by atoms with E-state index in [2.05, 4.69) is 20.4 Å². The van der Waals surface area contributed by atoms with Gasteiger partial charge in [0.25, 0.3) is 0 Å². The van der Waals surface area contributed by atoms with Crippen molar-refractivity contribution in [2.45, 2.75) is 46.6 Å². The van der Waals surface area contributed by atoms with Crippen molar-refractivity contribution in [1.82, 2.24) is 0 Å². The molecule has 0 spiro atoms. The maximum atomic E-state index is 13.0. The van der Waals surface area contributed by atoms with Crippen LogP contribution in [0.2, 0.25) is 0 Å². The first kappa shape index (κ1) is 15.3. The van der Waals surface area contributed by atoms with Crippen LogP contribution in [0.3, 0.4) is 0 Å². The van der Waals surface area contributed by atoms with Gasteiger partial charge in [0.05, 0.1) is 6.10 Å². The van der Waals surface area contributed by atoms with Gasteiger partial charge in [-0.15, -0.1) is 0 Å². The Hall–Kier alpha value is -1.22. The molecule has 0 radical (unpaired) electrons. The van der Waals surface area contributed by atoms with Crippen LogP contribution in [-0.4, -0.2) is 22.8 Å². The van der Waals surface area contributed by atoms with E-state index in [1.165, 1.54) is 0 Å². The minimum absolute atomic E-state index is 0.00241. The summed E-state index contributed by atoms with van der Waals surface area (Å²) in [7, 11) is 0. The molecule has 0 amide bonds. The van der Waals surface area contributed by atoms with Crippen LogP contribution in [-0.2, 0) is 9.59 Å². The van der Waals surface area contributed by atoms with E-state index in [9.17, 15) is 14.7 Å². The van der Waals surface area contributed by atoms with E-state index in [1.54, 1.807) is 6.92 Å². The lowest BCUT2D eigenvalue weighted by Crippen LogP contribution is -2.39. The van der Waals surface area contributed by atoms with E-state index in [-0.39, 0.29) is 34.7 Å². The van der Waals surface area contributed by atoms with Crippen molar-refractivity contribution in [3.8, 4) is 0 Å². The van der Waals surface area contributed by atoms with Gasteiger partial charge in [-0.2, -0.15) is 0 Å². The molecule has 4 aliphatic carbocycles. The number of hydrogen-bond acceptors (Lipinski definition) is 3. The minimum Gasteiger partial charge on any atom is -0.388 e. The second kappa shape index (κ2) is 4.44. The zero-order chi connectivity index (χ0) is 16.8. The maximum Gasteiger partial charge on any atom is 0.165 e. The second-order valence-electron chi connectivity index (χ2n) is 8.78. The Morgan fingerprint density at radius 2 is 1.70 bits per heavy atom. The number of carbonyl (C=O) groups is 2. The molecule has 0 aromatic heterocycles. The van der Waals surface area contributed by atoms with E-state index < -0.39 is 12.0 Å². The van der Waals surface area contributed by atoms with Gasteiger partial charge < -0.3 is 5.11 Å². The molecule has 23 heavy (non-hydrogen) atoms. The lowest BCUT2D eigenvalue weighted by atomic mass is 9.64.